The van der Waals surface area contributed by atoms with Crippen molar-refractivity contribution in [2.24, 2.45) is 29.6 Å². The van der Waals surface area contributed by atoms with Gasteiger partial charge in [0, 0.05) is 19.9 Å². The topological polar surface area (TPSA) is 9.23 Å². The minimum atomic E-state index is -1.37. The van der Waals surface area contributed by atoms with Crippen LogP contribution in [-0.4, -0.2) is 12.9 Å². The predicted molar refractivity (Wildman–Crippen MR) is 140 cm³/mol. The van der Waals surface area contributed by atoms with E-state index in [0.717, 1.165) is 5.54 Å². The number of alkyl halides is 1. The van der Waals surface area contributed by atoms with E-state index in [2.05, 4.69) is 105 Å². The second-order valence-electron chi connectivity index (χ2n) is 12.6. The Morgan fingerprint density at radius 3 is 1.74 bits per heavy atom. The van der Waals surface area contributed by atoms with Crippen LogP contribution in [0.4, 0.5) is 0 Å². The van der Waals surface area contributed by atoms with Crippen molar-refractivity contribution in [3.05, 3.63) is 107 Å². The number of fused-ring (bicyclic) bond motifs is 15. The van der Waals surface area contributed by atoms with Crippen molar-refractivity contribution < 1.29 is 4.74 Å². The van der Waals surface area contributed by atoms with Gasteiger partial charge in [-0.1, -0.05) is 105 Å². The number of benzene rings is 3. The summed E-state index contributed by atoms with van der Waals surface area (Å²) < 4.78 is 7.63. The van der Waals surface area contributed by atoms with E-state index in [4.69, 9.17) is 16.3 Å². The van der Waals surface area contributed by atoms with Crippen LogP contribution in [0.15, 0.2) is 84.9 Å². The summed E-state index contributed by atoms with van der Waals surface area (Å²) in [5, 5.41) is 0. The second kappa shape index (κ2) is 6.09. The highest BCUT2D eigenvalue weighted by atomic mass is 35.5. The van der Waals surface area contributed by atoms with Crippen molar-refractivity contribution in [3.63, 3.8) is 0 Å². The first-order valence-electron chi connectivity index (χ1n) is 13.0. The minimum Gasteiger partial charge on any atom is -0.349 e. The lowest BCUT2D eigenvalue weighted by Crippen LogP contribution is -2.46. The van der Waals surface area contributed by atoms with Crippen LogP contribution in [0.5, 0.6) is 0 Å². The van der Waals surface area contributed by atoms with Gasteiger partial charge < -0.3 is 4.74 Å². The van der Waals surface area contributed by atoms with Gasteiger partial charge in [0.05, 0.1) is 4.87 Å². The van der Waals surface area contributed by atoms with Crippen molar-refractivity contribution in [2.75, 3.05) is 0 Å². The van der Waals surface area contributed by atoms with Crippen molar-refractivity contribution in [2.45, 2.75) is 47.7 Å². The summed E-state index contributed by atoms with van der Waals surface area (Å²) in [7, 11) is -1.37. The summed E-state index contributed by atoms with van der Waals surface area (Å²) in [4.78, 5) is -0.0151. The molecule has 1 nitrogen and oxygen atoms in total. The van der Waals surface area contributed by atoms with Gasteiger partial charge in [-0.05, 0) is 52.0 Å². The summed E-state index contributed by atoms with van der Waals surface area (Å²) in [5.74, 6) is 2.72. The van der Waals surface area contributed by atoms with Crippen LogP contribution in [0.25, 0.3) is 0 Å². The Kier molecular flexibility index (Phi) is 3.64. The molecular formula is C31H31ClOSi. The number of halogens is 1. The summed E-state index contributed by atoms with van der Waals surface area (Å²) >= 11 is 7.74. The van der Waals surface area contributed by atoms with Crippen LogP contribution in [0.2, 0.25) is 25.2 Å². The largest absolute Gasteiger partial charge is 0.349 e. The lowest BCUT2D eigenvalue weighted by atomic mass is 9.56. The molecule has 0 radical (unpaired) electrons. The highest BCUT2D eigenvalue weighted by molar-refractivity contribution is 6.80. The summed E-state index contributed by atoms with van der Waals surface area (Å²) in [6, 6.07) is 31.3. The van der Waals surface area contributed by atoms with Gasteiger partial charge in [-0.25, -0.2) is 0 Å². The van der Waals surface area contributed by atoms with Gasteiger partial charge in [0.1, 0.15) is 11.2 Å². The maximum Gasteiger partial charge on any atom is 0.124 e. The fourth-order valence-corrected chi connectivity index (χ4v) is 14.8. The first kappa shape index (κ1) is 20.3. The zero-order valence-corrected chi connectivity index (χ0v) is 21.8. The molecule has 0 N–H and O–H groups in total. The fraction of sp³-hybridized carbons (Fsp3) is 0.419. The maximum absolute atomic E-state index is 7.74. The van der Waals surface area contributed by atoms with Gasteiger partial charge in [-0.2, -0.15) is 0 Å². The Bertz CT molecular complexity index is 1320. The lowest BCUT2D eigenvalue weighted by molar-refractivity contribution is -0.0694. The molecule has 8 rings (SSSR count). The Hall–Kier alpha value is -1.87. The molecule has 3 heteroatoms. The molecule has 9 atom stereocenters. The number of rotatable bonds is 3. The van der Waals surface area contributed by atoms with Gasteiger partial charge in [0.25, 0.3) is 0 Å². The fourth-order valence-electron chi connectivity index (χ4n) is 9.85. The van der Waals surface area contributed by atoms with Crippen LogP contribution in [0.3, 0.4) is 0 Å². The Labute approximate surface area is 208 Å². The minimum absolute atomic E-state index is 0.0151. The van der Waals surface area contributed by atoms with E-state index in [-0.39, 0.29) is 10.5 Å². The van der Waals surface area contributed by atoms with Crippen molar-refractivity contribution in [1.82, 2.24) is 0 Å². The molecule has 0 unspecified atom stereocenters. The van der Waals surface area contributed by atoms with E-state index in [0.29, 0.717) is 29.6 Å². The summed E-state index contributed by atoms with van der Waals surface area (Å²) in [5.41, 5.74) is 5.32. The molecular weight excluding hydrogens is 452 g/mol. The monoisotopic (exact) mass is 482 g/mol. The summed E-state index contributed by atoms with van der Waals surface area (Å²) in [6.45, 7) is 7.61. The first-order chi connectivity index (χ1) is 16.4. The van der Waals surface area contributed by atoms with Crippen LogP contribution in [0, 0.1) is 29.6 Å². The molecule has 3 aliphatic carbocycles. The van der Waals surface area contributed by atoms with Gasteiger partial charge in [0.15, 0.2) is 0 Å². The van der Waals surface area contributed by atoms with Crippen LogP contribution in [0.1, 0.15) is 28.7 Å². The maximum atomic E-state index is 7.74. The van der Waals surface area contributed by atoms with E-state index >= 15 is 0 Å². The third-order valence-electron chi connectivity index (χ3n) is 10.4. The van der Waals surface area contributed by atoms with Gasteiger partial charge in [0.2, 0.25) is 0 Å². The van der Waals surface area contributed by atoms with Crippen LogP contribution in [-0.2, 0) is 15.9 Å². The zero-order chi connectivity index (χ0) is 23.1. The Balaban J connectivity index is 1.44. The molecule has 0 aromatic heterocycles. The Morgan fingerprint density at radius 2 is 1.21 bits per heavy atom. The SMILES string of the molecule is C[Si](C)(C)[C@@H]1[C@H]2[C@@H]3C[C@@H]([C@@H]4[C@H]3[C@]3(c5ccccc5)O[C@@]4(c4ccccc4)c4ccccc43)[C@]21Cl. The molecule has 34 heavy (non-hydrogen) atoms. The van der Waals surface area contributed by atoms with Gasteiger partial charge in [-0.3, -0.25) is 0 Å². The standard InChI is InChI=1S/C31H31ClOSi/c1-34(2,3)28-26-21-18-24(29(26,28)32)27-25(21)30(19-12-6-4-7-13-19)22-16-10-11-17-23(22)31(27,33-30)20-14-8-5-9-15-20/h4-17,21,24-28H,18H2,1-3H3/t21-,24+,25+,26-,27-,28-,29+,30-,31+/m1/s1. The number of hydrogen-bond acceptors (Lipinski definition) is 1. The van der Waals surface area contributed by atoms with Crippen LogP contribution >= 0.6 is 11.6 Å². The lowest BCUT2D eigenvalue weighted by Gasteiger charge is -2.44. The first-order valence-corrected chi connectivity index (χ1v) is 16.9. The Morgan fingerprint density at radius 1 is 0.706 bits per heavy atom. The van der Waals surface area contributed by atoms with Gasteiger partial charge in [-0.15, -0.1) is 11.6 Å². The number of ether oxygens (including phenoxy) is 1. The third-order valence-corrected chi connectivity index (χ3v) is 14.1. The molecule has 5 aliphatic rings. The zero-order valence-electron chi connectivity index (χ0n) is 20.0. The normalized spacial score (nSPS) is 44.6. The molecule has 0 amide bonds. The number of hydrogen-bond donors (Lipinski definition) is 0. The molecule has 4 bridgehead atoms. The van der Waals surface area contributed by atoms with E-state index in [1.807, 2.05) is 0 Å². The average Bonchev–Trinajstić information content (AvgIpc) is 3.18. The smallest absolute Gasteiger partial charge is 0.124 e. The molecule has 2 aliphatic heterocycles. The van der Waals surface area contributed by atoms with Crippen LogP contribution < -0.4 is 0 Å². The van der Waals surface area contributed by atoms with E-state index in [1.165, 1.54) is 28.7 Å². The van der Waals surface area contributed by atoms with Crippen molar-refractivity contribution in [1.29, 1.82) is 0 Å². The average molecular weight is 483 g/mol. The van der Waals surface area contributed by atoms with Crippen molar-refractivity contribution >= 4 is 19.7 Å². The molecule has 3 aromatic rings. The second-order valence-corrected chi connectivity index (χ2v) is 18.6. The van der Waals surface area contributed by atoms with E-state index in [1.54, 1.807) is 0 Å². The quantitative estimate of drug-likeness (QED) is 0.279. The molecule has 0 spiro atoms. The molecule has 3 saturated carbocycles. The molecule has 3 aromatic carbocycles. The highest BCUT2D eigenvalue weighted by Crippen LogP contribution is 2.89. The van der Waals surface area contributed by atoms with Crippen molar-refractivity contribution in [3.8, 4) is 0 Å². The molecule has 172 valence electrons. The molecule has 4 fully saturated rings. The third kappa shape index (κ3) is 2.00. The van der Waals surface area contributed by atoms with E-state index < -0.39 is 13.7 Å². The van der Waals surface area contributed by atoms with E-state index in [9.17, 15) is 0 Å². The molecule has 2 heterocycles. The molecule has 1 saturated heterocycles. The highest BCUT2D eigenvalue weighted by Gasteiger charge is 2.89. The predicted octanol–water partition coefficient (Wildman–Crippen LogP) is 7.42. The van der Waals surface area contributed by atoms with Gasteiger partial charge >= 0.3 is 0 Å². The summed E-state index contributed by atoms with van der Waals surface area (Å²) in [6.07, 6.45) is 1.27.